The van der Waals surface area contributed by atoms with Crippen LogP contribution in [0.1, 0.15) is 33.6 Å². The summed E-state index contributed by atoms with van der Waals surface area (Å²) in [5.74, 6) is 0. The summed E-state index contributed by atoms with van der Waals surface area (Å²) >= 11 is 0. The summed E-state index contributed by atoms with van der Waals surface area (Å²) in [6.07, 6.45) is 0. The minimum Gasteiger partial charge on any atom is -0.396 e. The van der Waals surface area contributed by atoms with Crippen LogP contribution in [0, 0.1) is 34.6 Å². The summed E-state index contributed by atoms with van der Waals surface area (Å²) in [5, 5.41) is 4.50. The van der Waals surface area contributed by atoms with E-state index in [0.717, 1.165) is 23.6 Å². The summed E-state index contributed by atoms with van der Waals surface area (Å²) in [6.45, 7) is 11.2. The van der Waals surface area contributed by atoms with Crippen molar-refractivity contribution in [3.8, 4) is 0 Å². The van der Waals surface area contributed by atoms with Gasteiger partial charge in [0.25, 0.3) is 0 Å². The Labute approximate surface area is 109 Å². The first kappa shape index (κ1) is 12.7. The van der Waals surface area contributed by atoms with Crippen LogP contribution in [0.5, 0.6) is 0 Å². The van der Waals surface area contributed by atoms with Crippen molar-refractivity contribution in [1.82, 2.24) is 9.78 Å². The van der Waals surface area contributed by atoms with Crippen LogP contribution in [0.2, 0.25) is 0 Å². The Balaban J connectivity index is 2.43. The van der Waals surface area contributed by atoms with E-state index in [-0.39, 0.29) is 0 Å². The van der Waals surface area contributed by atoms with Crippen LogP contribution in [0.15, 0.2) is 12.1 Å². The van der Waals surface area contributed by atoms with Crippen molar-refractivity contribution in [2.45, 2.75) is 41.2 Å². The van der Waals surface area contributed by atoms with Crippen LogP contribution >= 0.6 is 0 Å². The third-order valence-electron chi connectivity index (χ3n) is 3.59. The van der Waals surface area contributed by atoms with E-state index >= 15 is 0 Å². The van der Waals surface area contributed by atoms with Gasteiger partial charge in [-0.05, 0) is 51.3 Å². The highest BCUT2D eigenvalue weighted by atomic mass is 15.3. The van der Waals surface area contributed by atoms with Gasteiger partial charge in [-0.2, -0.15) is 5.10 Å². The van der Waals surface area contributed by atoms with E-state index in [4.69, 9.17) is 5.73 Å². The van der Waals surface area contributed by atoms with Crippen LogP contribution in [-0.4, -0.2) is 9.78 Å². The van der Waals surface area contributed by atoms with E-state index < -0.39 is 0 Å². The number of hydrogen-bond acceptors (Lipinski definition) is 2. The Hall–Kier alpha value is -1.77. The summed E-state index contributed by atoms with van der Waals surface area (Å²) in [6, 6.07) is 4.44. The molecule has 0 bridgehead atoms. The number of benzene rings is 1. The van der Waals surface area contributed by atoms with Gasteiger partial charge in [-0.25, -0.2) is 0 Å². The van der Waals surface area contributed by atoms with E-state index in [2.05, 4.69) is 38.0 Å². The number of aryl methyl sites for hydroxylation is 4. The molecule has 2 N–H and O–H groups in total. The van der Waals surface area contributed by atoms with Crippen molar-refractivity contribution >= 4 is 5.69 Å². The maximum absolute atomic E-state index is 5.97. The van der Waals surface area contributed by atoms with Crippen LogP contribution < -0.4 is 5.73 Å². The number of nitrogen functional groups attached to an aromatic ring is 1. The number of nitrogens with two attached hydrogens (primary N) is 1. The van der Waals surface area contributed by atoms with Crippen molar-refractivity contribution in [3.63, 3.8) is 0 Å². The molecule has 2 aromatic rings. The van der Waals surface area contributed by atoms with Crippen LogP contribution in [0.3, 0.4) is 0 Å². The molecule has 0 radical (unpaired) electrons. The van der Waals surface area contributed by atoms with Gasteiger partial charge in [0.05, 0.1) is 23.6 Å². The second-order valence-corrected chi connectivity index (χ2v) is 5.12. The monoisotopic (exact) mass is 243 g/mol. The lowest BCUT2D eigenvalue weighted by Gasteiger charge is -2.12. The molecule has 0 aliphatic carbocycles. The molecule has 0 saturated heterocycles. The fourth-order valence-electron chi connectivity index (χ4n) is 2.47. The largest absolute Gasteiger partial charge is 0.396 e. The zero-order chi connectivity index (χ0) is 13.4. The lowest BCUT2D eigenvalue weighted by atomic mass is 10.00. The molecule has 0 spiro atoms. The molecule has 0 fully saturated rings. The van der Waals surface area contributed by atoms with Crippen molar-refractivity contribution in [2.75, 3.05) is 5.73 Å². The first-order valence-corrected chi connectivity index (χ1v) is 6.26. The molecule has 18 heavy (non-hydrogen) atoms. The van der Waals surface area contributed by atoms with Gasteiger partial charge in [0.15, 0.2) is 0 Å². The summed E-state index contributed by atoms with van der Waals surface area (Å²) in [5.41, 5.74) is 14.0. The second kappa shape index (κ2) is 4.48. The van der Waals surface area contributed by atoms with Crippen LogP contribution in [0.25, 0.3) is 0 Å². The van der Waals surface area contributed by atoms with Gasteiger partial charge in [0.1, 0.15) is 0 Å². The first-order chi connectivity index (χ1) is 8.40. The molecular formula is C15H21N3. The lowest BCUT2D eigenvalue weighted by molar-refractivity contribution is 0.654. The third kappa shape index (κ3) is 2.13. The average molecular weight is 243 g/mol. The predicted octanol–water partition coefficient (Wildman–Crippen LogP) is 3.06. The Morgan fingerprint density at radius 3 is 2.06 bits per heavy atom. The van der Waals surface area contributed by atoms with Gasteiger partial charge in [-0.15, -0.1) is 0 Å². The molecule has 0 atom stereocenters. The summed E-state index contributed by atoms with van der Waals surface area (Å²) in [7, 11) is 0. The molecule has 0 saturated carbocycles. The van der Waals surface area contributed by atoms with Crippen molar-refractivity contribution < 1.29 is 0 Å². The maximum Gasteiger partial charge on any atom is 0.0826 e. The quantitative estimate of drug-likeness (QED) is 0.881. The minimum atomic E-state index is 0.793. The molecule has 0 unspecified atom stereocenters. The number of rotatable bonds is 2. The number of aromatic nitrogens is 2. The molecule has 0 amide bonds. The molecular weight excluding hydrogens is 222 g/mol. The van der Waals surface area contributed by atoms with Gasteiger partial charge in [0, 0.05) is 0 Å². The molecule has 1 aromatic heterocycles. The third-order valence-corrected chi connectivity index (χ3v) is 3.59. The molecule has 0 aliphatic rings. The number of hydrogen-bond donors (Lipinski definition) is 1. The normalized spacial score (nSPS) is 10.9. The Morgan fingerprint density at radius 2 is 1.61 bits per heavy atom. The highest BCUT2D eigenvalue weighted by Crippen LogP contribution is 2.21. The van der Waals surface area contributed by atoms with Gasteiger partial charge in [-0.1, -0.05) is 17.7 Å². The number of anilines is 1. The molecule has 3 heteroatoms. The van der Waals surface area contributed by atoms with Crippen molar-refractivity contribution in [1.29, 1.82) is 0 Å². The van der Waals surface area contributed by atoms with E-state index in [1.54, 1.807) is 0 Å². The van der Waals surface area contributed by atoms with Gasteiger partial charge in [0.2, 0.25) is 0 Å². The fourth-order valence-corrected chi connectivity index (χ4v) is 2.47. The second-order valence-electron chi connectivity index (χ2n) is 5.12. The topological polar surface area (TPSA) is 43.8 Å². The van der Waals surface area contributed by atoms with Crippen molar-refractivity contribution in [2.24, 2.45) is 0 Å². The van der Waals surface area contributed by atoms with Crippen molar-refractivity contribution in [3.05, 3.63) is 45.8 Å². The molecule has 1 heterocycles. The van der Waals surface area contributed by atoms with E-state index in [1.807, 2.05) is 18.5 Å². The molecule has 0 aliphatic heterocycles. The fraction of sp³-hybridized carbons (Fsp3) is 0.400. The molecule has 96 valence electrons. The lowest BCUT2D eigenvalue weighted by Crippen LogP contribution is -2.07. The van der Waals surface area contributed by atoms with E-state index in [9.17, 15) is 0 Å². The van der Waals surface area contributed by atoms with E-state index in [1.165, 1.54) is 22.3 Å². The van der Waals surface area contributed by atoms with Crippen LogP contribution in [-0.2, 0) is 6.54 Å². The maximum atomic E-state index is 5.97. The smallest absolute Gasteiger partial charge is 0.0826 e. The SMILES string of the molecule is Cc1cc(C)c(Cn2nc(C)c(N)c2C)c(C)c1. The highest BCUT2D eigenvalue weighted by Gasteiger charge is 2.11. The molecule has 2 rings (SSSR count). The van der Waals surface area contributed by atoms with Gasteiger partial charge < -0.3 is 5.73 Å². The zero-order valence-electron chi connectivity index (χ0n) is 11.8. The molecule has 1 aromatic carbocycles. The summed E-state index contributed by atoms with van der Waals surface area (Å²) < 4.78 is 2.00. The molecule has 3 nitrogen and oxygen atoms in total. The Kier molecular flexibility index (Phi) is 3.16. The van der Waals surface area contributed by atoms with E-state index in [0.29, 0.717) is 0 Å². The Morgan fingerprint density at radius 1 is 1.06 bits per heavy atom. The average Bonchev–Trinajstić information content (AvgIpc) is 2.51. The zero-order valence-corrected chi connectivity index (χ0v) is 11.8. The summed E-state index contributed by atoms with van der Waals surface area (Å²) in [4.78, 5) is 0. The van der Waals surface area contributed by atoms with Crippen LogP contribution in [0.4, 0.5) is 5.69 Å². The van der Waals surface area contributed by atoms with Gasteiger partial charge >= 0.3 is 0 Å². The standard InChI is InChI=1S/C15H21N3/c1-9-6-10(2)14(11(3)7-9)8-18-13(5)15(16)12(4)17-18/h6-7H,8,16H2,1-5H3. The minimum absolute atomic E-state index is 0.793. The predicted molar refractivity (Wildman–Crippen MR) is 75.9 cm³/mol. The Bertz CT molecular complexity index is 571. The highest BCUT2D eigenvalue weighted by molar-refractivity contribution is 5.47. The number of nitrogens with zero attached hydrogens (tertiary/aromatic N) is 2. The van der Waals surface area contributed by atoms with Gasteiger partial charge in [-0.3, -0.25) is 4.68 Å². The first-order valence-electron chi connectivity index (χ1n) is 6.26.